The average Bonchev–Trinajstić information content (AvgIpc) is 3.33. The lowest BCUT2D eigenvalue weighted by molar-refractivity contribution is 0.0954. The van der Waals surface area contributed by atoms with Crippen molar-refractivity contribution < 1.29 is 9.32 Å². The van der Waals surface area contributed by atoms with Crippen LogP contribution in [-0.2, 0) is 6.54 Å². The number of benzene rings is 2. The maximum Gasteiger partial charge on any atom is 0.277 e. The van der Waals surface area contributed by atoms with Crippen LogP contribution in [0.3, 0.4) is 0 Å². The summed E-state index contributed by atoms with van der Waals surface area (Å²) in [5.41, 5.74) is 8.48. The number of carbonyl (C=O) groups is 1. The first-order valence-electron chi connectivity index (χ1n) is 9.86. The Hall–Kier alpha value is -2.80. The molecule has 2 N–H and O–H groups in total. The molecule has 1 aromatic heterocycles. The van der Waals surface area contributed by atoms with Gasteiger partial charge in [-0.05, 0) is 50.1 Å². The van der Waals surface area contributed by atoms with Crippen LogP contribution >= 0.6 is 23.2 Å². The highest BCUT2D eigenvalue weighted by Crippen LogP contribution is 2.29. The summed E-state index contributed by atoms with van der Waals surface area (Å²) in [5, 5.41) is 9.79. The number of hydrogen-bond donors (Lipinski definition) is 2. The summed E-state index contributed by atoms with van der Waals surface area (Å²) < 4.78 is 5.34. The van der Waals surface area contributed by atoms with E-state index in [0.717, 1.165) is 11.4 Å². The second-order valence-electron chi connectivity index (χ2n) is 7.52. The smallest absolute Gasteiger partial charge is 0.277 e. The van der Waals surface area contributed by atoms with E-state index >= 15 is 0 Å². The van der Waals surface area contributed by atoms with Gasteiger partial charge in [0.25, 0.3) is 5.91 Å². The second kappa shape index (κ2) is 8.75. The van der Waals surface area contributed by atoms with E-state index < -0.39 is 0 Å². The number of rotatable bonds is 5. The minimum Gasteiger partial charge on any atom is -0.355 e. The summed E-state index contributed by atoms with van der Waals surface area (Å²) in [6, 6.07) is 14.9. The van der Waals surface area contributed by atoms with Gasteiger partial charge in [-0.1, -0.05) is 52.6 Å². The minimum atomic E-state index is -0.337. The number of carbonyl (C=O) groups excluding carboxylic acids is 1. The van der Waals surface area contributed by atoms with Gasteiger partial charge in [0.05, 0.1) is 28.3 Å². The third-order valence-corrected chi connectivity index (χ3v) is 6.10. The number of nitrogens with zero attached hydrogens (tertiary/aromatic N) is 2. The van der Waals surface area contributed by atoms with E-state index in [1.165, 1.54) is 11.1 Å². The molecule has 0 fully saturated rings. The normalized spacial score (nSPS) is 16.2. The molecule has 160 valence electrons. The van der Waals surface area contributed by atoms with Crippen molar-refractivity contribution in [2.24, 2.45) is 0 Å². The molecule has 0 saturated heterocycles. The highest BCUT2D eigenvalue weighted by Gasteiger charge is 2.28. The van der Waals surface area contributed by atoms with Crippen LogP contribution in [0.2, 0.25) is 10.0 Å². The number of aryl methyl sites for hydroxylation is 1. The third-order valence-electron chi connectivity index (χ3n) is 5.36. The molecule has 8 heteroatoms. The summed E-state index contributed by atoms with van der Waals surface area (Å²) in [6.07, 6.45) is 0. The van der Waals surface area contributed by atoms with Gasteiger partial charge in [0, 0.05) is 17.3 Å². The third kappa shape index (κ3) is 4.46. The molecule has 1 atom stereocenters. The summed E-state index contributed by atoms with van der Waals surface area (Å²) in [6.45, 7) is 6.77. The van der Waals surface area contributed by atoms with E-state index in [0.29, 0.717) is 27.9 Å². The van der Waals surface area contributed by atoms with Crippen LogP contribution in [0.25, 0.3) is 11.3 Å². The lowest BCUT2D eigenvalue weighted by Gasteiger charge is -2.22. The van der Waals surface area contributed by atoms with E-state index in [2.05, 4.69) is 35.0 Å². The molecule has 1 unspecified atom stereocenters. The maximum absolute atomic E-state index is 12.8. The van der Waals surface area contributed by atoms with E-state index in [4.69, 9.17) is 27.7 Å². The first kappa shape index (κ1) is 21.4. The van der Waals surface area contributed by atoms with Crippen molar-refractivity contribution in [3.8, 4) is 11.3 Å². The van der Waals surface area contributed by atoms with Crippen LogP contribution in [0.15, 0.2) is 64.4 Å². The Morgan fingerprint density at radius 3 is 2.68 bits per heavy atom. The van der Waals surface area contributed by atoms with Crippen LogP contribution < -0.4 is 10.7 Å². The van der Waals surface area contributed by atoms with Crippen molar-refractivity contribution in [1.82, 2.24) is 20.9 Å². The summed E-state index contributed by atoms with van der Waals surface area (Å²) in [7, 11) is 0. The molecule has 0 radical (unpaired) electrons. The molecule has 2 heterocycles. The molecule has 1 aliphatic heterocycles. The number of aromatic nitrogens is 1. The highest BCUT2D eigenvalue weighted by atomic mass is 35.5. The van der Waals surface area contributed by atoms with Crippen LogP contribution in [-0.4, -0.2) is 22.1 Å². The SMILES string of the molecule is CC1=C(NC(=O)c2cc(-c3ccc(Cl)c(Cl)c3)on2)C(C)NN1Cc1ccccc1C. The molecule has 1 amide bonds. The van der Waals surface area contributed by atoms with Crippen molar-refractivity contribution in [3.05, 3.63) is 86.8 Å². The highest BCUT2D eigenvalue weighted by molar-refractivity contribution is 6.42. The predicted molar refractivity (Wildman–Crippen MR) is 121 cm³/mol. The quantitative estimate of drug-likeness (QED) is 0.542. The van der Waals surface area contributed by atoms with E-state index in [-0.39, 0.29) is 17.6 Å². The molecule has 31 heavy (non-hydrogen) atoms. The topological polar surface area (TPSA) is 70.4 Å². The van der Waals surface area contributed by atoms with Gasteiger partial charge in [0.15, 0.2) is 11.5 Å². The number of hydrogen-bond acceptors (Lipinski definition) is 5. The first-order valence-corrected chi connectivity index (χ1v) is 10.6. The van der Waals surface area contributed by atoms with Crippen molar-refractivity contribution in [2.75, 3.05) is 0 Å². The molecule has 6 nitrogen and oxygen atoms in total. The molecule has 4 rings (SSSR count). The van der Waals surface area contributed by atoms with Crippen molar-refractivity contribution >= 4 is 29.1 Å². The molecule has 2 aromatic carbocycles. The van der Waals surface area contributed by atoms with Gasteiger partial charge < -0.3 is 14.8 Å². The fourth-order valence-electron chi connectivity index (χ4n) is 3.53. The standard InChI is InChI=1S/C23H22Cl2N4O2/c1-13-6-4-5-7-17(13)12-29-15(3)22(14(2)27-29)26-23(30)20-11-21(31-28-20)16-8-9-18(24)19(25)10-16/h4-11,14,27H,12H2,1-3H3,(H,26,30). The van der Waals surface area contributed by atoms with Gasteiger partial charge in [-0.3, -0.25) is 4.79 Å². The minimum absolute atomic E-state index is 0.0468. The number of nitrogens with one attached hydrogen (secondary N) is 2. The van der Waals surface area contributed by atoms with Gasteiger partial charge in [-0.25, -0.2) is 5.43 Å². The Bertz CT molecular complexity index is 1170. The molecule has 0 saturated carbocycles. The van der Waals surface area contributed by atoms with Crippen molar-refractivity contribution in [1.29, 1.82) is 0 Å². The van der Waals surface area contributed by atoms with Crippen LogP contribution in [0, 0.1) is 6.92 Å². The van der Waals surface area contributed by atoms with Gasteiger partial charge >= 0.3 is 0 Å². The molecule has 0 spiro atoms. The van der Waals surface area contributed by atoms with Crippen LogP contribution in [0.1, 0.15) is 35.5 Å². The first-order chi connectivity index (χ1) is 14.8. The zero-order valence-corrected chi connectivity index (χ0v) is 18.9. The van der Waals surface area contributed by atoms with Crippen molar-refractivity contribution in [3.63, 3.8) is 0 Å². The van der Waals surface area contributed by atoms with Gasteiger partial charge in [-0.2, -0.15) is 0 Å². The Labute approximate surface area is 190 Å². The number of hydrazine groups is 1. The number of halogens is 2. The Morgan fingerprint density at radius 2 is 1.94 bits per heavy atom. The fourth-order valence-corrected chi connectivity index (χ4v) is 3.83. The van der Waals surface area contributed by atoms with Gasteiger partial charge in [0.1, 0.15) is 0 Å². The molecule has 3 aromatic rings. The Balaban J connectivity index is 1.50. The second-order valence-corrected chi connectivity index (χ2v) is 8.34. The summed E-state index contributed by atoms with van der Waals surface area (Å²) in [4.78, 5) is 12.8. The maximum atomic E-state index is 12.8. The number of amides is 1. The fraction of sp³-hybridized carbons (Fsp3) is 0.217. The Morgan fingerprint density at radius 1 is 1.16 bits per heavy atom. The average molecular weight is 457 g/mol. The lowest BCUT2D eigenvalue weighted by atomic mass is 10.1. The molecule has 0 bridgehead atoms. The van der Waals surface area contributed by atoms with Crippen molar-refractivity contribution in [2.45, 2.75) is 33.4 Å². The zero-order chi connectivity index (χ0) is 22.1. The monoisotopic (exact) mass is 456 g/mol. The van der Waals surface area contributed by atoms with Gasteiger partial charge in [-0.15, -0.1) is 0 Å². The van der Waals surface area contributed by atoms with E-state index in [1.807, 2.05) is 31.0 Å². The molecular weight excluding hydrogens is 435 g/mol. The van der Waals surface area contributed by atoms with E-state index in [1.54, 1.807) is 24.3 Å². The molecule has 1 aliphatic rings. The number of allylic oxidation sites excluding steroid dienone is 1. The van der Waals surface area contributed by atoms with Crippen LogP contribution in [0.5, 0.6) is 0 Å². The molecule has 0 aliphatic carbocycles. The van der Waals surface area contributed by atoms with E-state index in [9.17, 15) is 4.79 Å². The zero-order valence-electron chi connectivity index (χ0n) is 17.4. The largest absolute Gasteiger partial charge is 0.355 e. The van der Waals surface area contributed by atoms with Gasteiger partial charge in [0.2, 0.25) is 0 Å². The Kier molecular flexibility index (Phi) is 6.05. The predicted octanol–water partition coefficient (Wildman–Crippen LogP) is 5.33. The summed E-state index contributed by atoms with van der Waals surface area (Å²) in [5.74, 6) is 0.101. The lowest BCUT2D eigenvalue weighted by Crippen LogP contribution is -2.37. The van der Waals surface area contributed by atoms with Crippen LogP contribution in [0.4, 0.5) is 0 Å². The summed E-state index contributed by atoms with van der Waals surface area (Å²) >= 11 is 12.0. The molecular formula is C23H22Cl2N4O2.